The number of hydrogen-bond acceptors (Lipinski definition) is 2. The third-order valence-electron chi connectivity index (χ3n) is 3.90. The minimum atomic E-state index is -0.0250. The van der Waals surface area contributed by atoms with Crippen molar-refractivity contribution in [2.45, 2.75) is 65.4 Å². The van der Waals surface area contributed by atoms with Crippen molar-refractivity contribution in [3.63, 3.8) is 0 Å². The van der Waals surface area contributed by atoms with E-state index in [-0.39, 0.29) is 17.3 Å². The normalized spacial score (nSPS) is 20.4. The van der Waals surface area contributed by atoms with Gasteiger partial charge in [0.1, 0.15) is 6.61 Å². The third-order valence-corrected chi connectivity index (χ3v) is 3.90. The largest absolute Gasteiger partial charge is 0.367 e. The summed E-state index contributed by atoms with van der Waals surface area (Å²) in [6.45, 7) is 8.61. The zero-order chi connectivity index (χ0) is 12.2. The van der Waals surface area contributed by atoms with Crippen LogP contribution >= 0.6 is 0 Å². The predicted molar refractivity (Wildman–Crippen MR) is 66.5 cm³/mol. The molecule has 0 bridgehead atoms. The zero-order valence-electron chi connectivity index (χ0n) is 11.2. The van der Waals surface area contributed by atoms with Crippen LogP contribution in [-0.4, -0.2) is 18.0 Å². The summed E-state index contributed by atoms with van der Waals surface area (Å²) < 4.78 is 6.01. The topological polar surface area (TPSA) is 26.3 Å². The van der Waals surface area contributed by atoms with Gasteiger partial charge in [-0.2, -0.15) is 0 Å². The number of carbonyl (C=O) groups is 1. The Morgan fingerprint density at radius 1 is 1.12 bits per heavy atom. The minimum Gasteiger partial charge on any atom is -0.367 e. The lowest BCUT2D eigenvalue weighted by atomic mass is 9.77. The molecule has 0 aliphatic heterocycles. The average molecular weight is 226 g/mol. The van der Waals surface area contributed by atoms with Gasteiger partial charge in [-0.3, -0.25) is 4.79 Å². The van der Waals surface area contributed by atoms with Gasteiger partial charge >= 0.3 is 0 Å². The van der Waals surface area contributed by atoms with Crippen LogP contribution in [0.15, 0.2) is 0 Å². The van der Waals surface area contributed by atoms with Crippen molar-refractivity contribution in [3.05, 3.63) is 0 Å². The molecule has 0 aromatic heterocycles. The smallest absolute Gasteiger partial charge is 0.161 e. The first kappa shape index (κ1) is 13.7. The van der Waals surface area contributed by atoms with Crippen molar-refractivity contribution >= 4 is 5.78 Å². The Morgan fingerprint density at radius 3 is 2.12 bits per heavy atom. The Bertz CT molecular complexity index is 225. The lowest BCUT2D eigenvalue weighted by Gasteiger charge is -2.40. The van der Waals surface area contributed by atoms with Crippen molar-refractivity contribution in [1.82, 2.24) is 0 Å². The van der Waals surface area contributed by atoms with Gasteiger partial charge in [0.15, 0.2) is 5.78 Å². The maximum absolute atomic E-state index is 11.6. The van der Waals surface area contributed by atoms with Gasteiger partial charge in [-0.05, 0) is 18.8 Å². The number of hydrogen-bond donors (Lipinski definition) is 0. The van der Waals surface area contributed by atoms with Crippen LogP contribution in [0.2, 0.25) is 0 Å². The van der Waals surface area contributed by atoms with Crippen LogP contribution in [0.25, 0.3) is 0 Å². The quantitative estimate of drug-likeness (QED) is 0.716. The molecular weight excluding hydrogens is 200 g/mol. The number of Topliss-reactive ketones (excluding diaryl/α,β-unsaturated/α-hetero) is 1. The summed E-state index contributed by atoms with van der Waals surface area (Å²) in [5, 5.41) is 0. The summed E-state index contributed by atoms with van der Waals surface area (Å²) >= 11 is 0. The van der Waals surface area contributed by atoms with Crippen LogP contribution in [0, 0.1) is 11.8 Å². The number of rotatable bonds is 5. The van der Waals surface area contributed by atoms with E-state index in [0.29, 0.717) is 12.5 Å². The van der Waals surface area contributed by atoms with E-state index in [1.165, 1.54) is 19.3 Å². The highest BCUT2D eigenvalue weighted by atomic mass is 16.5. The molecule has 1 saturated carbocycles. The van der Waals surface area contributed by atoms with Crippen LogP contribution in [0.1, 0.15) is 59.8 Å². The zero-order valence-corrected chi connectivity index (χ0v) is 11.2. The molecule has 0 unspecified atom stereocenters. The second kappa shape index (κ2) is 5.81. The molecule has 2 nitrogen and oxygen atoms in total. The van der Waals surface area contributed by atoms with Gasteiger partial charge < -0.3 is 4.74 Å². The fourth-order valence-corrected chi connectivity index (χ4v) is 2.42. The van der Waals surface area contributed by atoms with Crippen LogP contribution in [0.5, 0.6) is 0 Å². The first-order valence-corrected chi connectivity index (χ1v) is 6.64. The fraction of sp³-hybridized carbons (Fsp3) is 0.929. The molecule has 1 aliphatic carbocycles. The Morgan fingerprint density at radius 2 is 1.69 bits per heavy atom. The van der Waals surface area contributed by atoms with Crippen molar-refractivity contribution in [1.29, 1.82) is 0 Å². The van der Waals surface area contributed by atoms with E-state index in [0.717, 1.165) is 12.8 Å². The molecule has 0 amide bonds. The van der Waals surface area contributed by atoms with Crippen LogP contribution in [0.4, 0.5) is 0 Å². The number of ether oxygens (including phenoxy) is 1. The highest BCUT2D eigenvalue weighted by molar-refractivity contribution is 5.81. The maximum Gasteiger partial charge on any atom is 0.161 e. The number of ketones is 1. The molecule has 1 rings (SSSR count). The summed E-state index contributed by atoms with van der Waals surface area (Å²) in [5.41, 5.74) is -0.0250. The summed E-state index contributed by atoms with van der Waals surface area (Å²) in [6.07, 6.45) is 6.05. The number of carbonyl (C=O) groups excluding carboxylic acids is 1. The van der Waals surface area contributed by atoms with Gasteiger partial charge in [-0.15, -0.1) is 0 Å². The van der Waals surface area contributed by atoms with E-state index >= 15 is 0 Å². The molecule has 0 spiro atoms. The van der Waals surface area contributed by atoms with E-state index < -0.39 is 0 Å². The van der Waals surface area contributed by atoms with Gasteiger partial charge in [0.05, 0.1) is 5.60 Å². The first-order chi connectivity index (χ1) is 7.48. The van der Waals surface area contributed by atoms with Crippen molar-refractivity contribution in [3.8, 4) is 0 Å². The Hall–Kier alpha value is -0.370. The second-order valence-electron chi connectivity index (χ2n) is 5.69. The lowest BCUT2D eigenvalue weighted by Crippen LogP contribution is -2.42. The van der Waals surface area contributed by atoms with E-state index in [2.05, 4.69) is 13.8 Å². The second-order valence-corrected chi connectivity index (χ2v) is 5.69. The molecule has 1 aliphatic rings. The average Bonchev–Trinajstić information content (AvgIpc) is 2.26. The highest BCUT2D eigenvalue weighted by Gasteiger charge is 2.36. The molecular formula is C14H26O2. The van der Waals surface area contributed by atoms with Gasteiger partial charge in [0, 0.05) is 5.92 Å². The third kappa shape index (κ3) is 3.31. The summed E-state index contributed by atoms with van der Waals surface area (Å²) in [5.74, 6) is 0.825. The van der Waals surface area contributed by atoms with E-state index in [1.807, 2.05) is 13.8 Å². The van der Waals surface area contributed by atoms with Crippen molar-refractivity contribution in [2.24, 2.45) is 11.8 Å². The SMILES string of the molecule is CC(C)C(=O)COC1(C(C)C)CCCCC1. The molecule has 0 aromatic carbocycles. The lowest BCUT2D eigenvalue weighted by molar-refractivity contribution is -0.143. The monoisotopic (exact) mass is 226 g/mol. The summed E-state index contributed by atoms with van der Waals surface area (Å²) in [6, 6.07) is 0. The highest BCUT2D eigenvalue weighted by Crippen LogP contribution is 2.37. The van der Waals surface area contributed by atoms with E-state index in [1.54, 1.807) is 0 Å². The molecule has 0 N–H and O–H groups in total. The Balaban J connectivity index is 2.54. The van der Waals surface area contributed by atoms with Gasteiger partial charge in [0.2, 0.25) is 0 Å². The molecule has 16 heavy (non-hydrogen) atoms. The van der Waals surface area contributed by atoms with Crippen molar-refractivity contribution < 1.29 is 9.53 Å². The van der Waals surface area contributed by atoms with E-state index in [4.69, 9.17) is 4.74 Å². The van der Waals surface area contributed by atoms with Crippen LogP contribution in [0.3, 0.4) is 0 Å². The molecule has 0 aromatic rings. The Labute approximate surface area is 99.8 Å². The first-order valence-electron chi connectivity index (χ1n) is 6.64. The minimum absolute atomic E-state index is 0.0250. The Kier molecular flexibility index (Phi) is 4.97. The molecule has 1 fully saturated rings. The molecule has 0 heterocycles. The van der Waals surface area contributed by atoms with Crippen molar-refractivity contribution in [2.75, 3.05) is 6.61 Å². The molecule has 0 saturated heterocycles. The van der Waals surface area contributed by atoms with Gasteiger partial charge in [-0.25, -0.2) is 0 Å². The molecule has 0 atom stereocenters. The van der Waals surface area contributed by atoms with Crippen LogP contribution < -0.4 is 0 Å². The molecule has 0 radical (unpaired) electrons. The maximum atomic E-state index is 11.6. The standard InChI is InChI=1S/C14H26O2/c1-11(2)13(15)10-16-14(12(3)4)8-6-5-7-9-14/h11-12H,5-10H2,1-4H3. The predicted octanol–water partition coefficient (Wildman–Crippen LogP) is 3.59. The molecule has 2 heteroatoms. The van der Waals surface area contributed by atoms with Crippen LogP contribution in [-0.2, 0) is 9.53 Å². The summed E-state index contributed by atoms with van der Waals surface area (Å²) in [7, 11) is 0. The molecule has 94 valence electrons. The van der Waals surface area contributed by atoms with Gasteiger partial charge in [-0.1, -0.05) is 47.0 Å². The fourth-order valence-electron chi connectivity index (χ4n) is 2.42. The van der Waals surface area contributed by atoms with Gasteiger partial charge in [0.25, 0.3) is 0 Å². The summed E-state index contributed by atoms with van der Waals surface area (Å²) in [4.78, 5) is 11.6. The van der Waals surface area contributed by atoms with E-state index in [9.17, 15) is 4.79 Å².